The molecule has 0 amide bonds. The van der Waals surface area contributed by atoms with Crippen molar-refractivity contribution in [3.8, 4) is 0 Å². The maximum atomic E-state index is 6.40. The second-order valence-corrected chi connectivity index (χ2v) is 7.34. The molecule has 0 aliphatic heterocycles. The minimum Gasteiger partial charge on any atom is -0.325 e. The van der Waals surface area contributed by atoms with E-state index in [-0.39, 0.29) is 5.54 Å². The molecule has 0 aromatic rings. The Morgan fingerprint density at radius 2 is 1.73 bits per heavy atom. The number of hydrogen-bond acceptors (Lipinski definition) is 1. The van der Waals surface area contributed by atoms with Crippen LogP contribution in [0.25, 0.3) is 0 Å². The van der Waals surface area contributed by atoms with Crippen LogP contribution in [-0.2, 0) is 0 Å². The first kappa shape index (κ1) is 11.4. The van der Waals surface area contributed by atoms with Gasteiger partial charge in [0.1, 0.15) is 0 Å². The normalized spacial score (nSPS) is 33.8. The molecule has 2 N–H and O–H groups in total. The summed E-state index contributed by atoms with van der Waals surface area (Å²) in [5.74, 6) is 0.890. The van der Waals surface area contributed by atoms with E-state index in [1.165, 1.54) is 38.5 Å². The van der Waals surface area contributed by atoms with Crippen molar-refractivity contribution < 1.29 is 0 Å². The van der Waals surface area contributed by atoms with Crippen molar-refractivity contribution >= 4 is 0 Å². The van der Waals surface area contributed by atoms with Gasteiger partial charge in [0.05, 0.1) is 0 Å². The molecular weight excluding hydrogens is 182 g/mol. The first-order valence-corrected chi connectivity index (χ1v) is 6.56. The molecule has 2 rings (SSSR count). The summed E-state index contributed by atoms with van der Waals surface area (Å²) in [5, 5.41) is 0. The molecule has 0 radical (unpaired) electrons. The molecule has 0 bridgehead atoms. The molecule has 15 heavy (non-hydrogen) atoms. The van der Waals surface area contributed by atoms with E-state index < -0.39 is 0 Å². The maximum Gasteiger partial charge on any atom is 0.0156 e. The van der Waals surface area contributed by atoms with Crippen LogP contribution in [0.3, 0.4) is 0 Å². The zero-order valence-electron chi connectivity index (χ0n) is 10.9. The molecule has 0 saturated heterocycles. The number of hydrogen-bond donors (Lipinski definition) is 1. The highest BCUT2D eigenvalue weighted by atomic mass is 14.8. The van der Waals surface area contributed by atoms with Crippen LogP contribution in [0, 0.1) is 16.7 Å². The van der Waals surface area contributed by atoms with Crippen LogP contribution in [-0.4, -0.2) is 5.54 Å². The van der Waals surface area contributed by atoms with E-state index in [1.807, 2.05) is 0 Å². The lowest BCUT2D eigenvalue weighted by Crippen LogP contribution is -2.48. The van der Waals surface area contributed by atoms with Gasteiger partial charge in [-0.2, -0.15) is 0 Å². The van der Waals surface area contributed by atoms with Crippen molar-refractivity contribution in [2.75, 3.05) is 0 Å². The summed E-state index contributed by atoms with van der Waals surface area (Å²) in [6.07, 6.45) is 8.38. The minimum absolute atomic E-state index is 0.0328. The summed E-state index contributed by atoms with van der Waals surface area (Å²) < 4.78 is 0. The van der Waals surface area contributed by atoms with Gasteiger partial charge in [0.15, 0.2) is 0 Å². The highest BCUT2D eigenvalue weighted by Crippen LogP contribution is 2.63. The number of rotatable bonds is 2. The number of nitrogens with two attached hydrogens (primary N) is 1. The SMILES string of the molecule is CC1(C)CCCC(C2(C(C)(C)N)CC2)C1. The van der Waals surface area contributed by atoms with Gasteiger partial charge in [-0.25, -0.2) is 0 Å². The Balaban J connectivity index is 2.11. The molecule has 1 heteroatoms. The zero-order valence-corrected chi connectivity index (χ0v) is 10.9. The molecule has 0 spiro atoms. The molecule has 0 heterocycles. The van der Waals surface area contributed by atoms with Gasteiger partial charge < -0.3 is 5.73 Å². The fourth-order valence-electron chi connectivity index (χ4n) is 3.88. The fourth-order valence-corrected chi connectivity index (χ4v) is 3.88. The summed E-state index contributed by atoms with van der Waals surface area (Å²) in [6.45, 7) is 9.33. The highest BCUT2D eigenvalue weighted by molar-refractivity contribution is 5.11. The Morgan fingerprint density at radius 3 is 2.13 bits per heavy atom. The second kappa shape index (κ2) is 3.23. The standard InChI is InChI=1S/C14H27N/c1-12(2)7-5-6-11(10-12)14(8-9-14)13(3,4)15/h11H,5-10,15H2,1-4H3. The van der Waals surface area contributed by atoms with Gasteiger partial charge in [-0.1, -0.05) is 20.3 Å². The third-order valence-electron chi connectivity index (χ3n) is 5.06. The van der Waals surface area contributed by atoms with Crippen molar-refractivity contribution in [2.24, 2.45) is 22.5 Å². The lowest BCUT2D eigenvalue weighted by Gasteiger charge is -2.44. The van der Waals surface area contributed by atoms with Crippen molar-refractivity contribution in [3.63, 3.8) is 0 Å². The lowest BCUT2D eigenvalue weighted by molar-refractivity contribution is 0.0823. The van der Waals surface area contributed by atoms with Crippen molar-refractivity contribution in [3.05, 3.63) is 0 Å². The van der Waals surface area contributed by atoms with Gasteiger partial charge in [-0.05, 0) is 62.7 Å². The fraction of sp³-hybridized carbons (Fsp3) is 1.00. The third kappa shape index (κ3) is 1.95. The molecule has 2 aliphatic rings. The Morgan fingerprint density at radius 1 is 1.13 bits per heavy atom. The van der Waals surface area contributed by atoms with Crippen LogP contribution in [0.15, 0.2) is 0 Å². The third-order valence-corrected chi connectivity index (χ3v) is 5.06. The van der Waals surface area contributed by atoms with Crippen LogP contribution < -0.4 is 5.73 Å². The van der Waals surface area contributed by atoms with E-state index in [2.05, 4.69) is 27.7 Å². The molecule has 0 aromatic heterocycles. The first-order valence-electron chi connectivity index (χ1n) is 6.56. The van der Waals surface area contributed by atoms with Crippen LogP contribution in [0.4, 0.5) is 0 Å². The molecule has 88 valence electrons. The average Bonchev–Trinajstić information content (AvgIpc) is 2.79. The van der Waals surface area contributed by atoms with Gasteiger partial charge in [-0.3, -0.25) is 0 Å². The highest BCUT2D eigenvalue weighted by Gasteiger charge is 2.58. The minimum atomic E-state index is 0.0328. The molecule has 2 fully saturated rings. The quantitative estimate of drug-likeness (QED) is 0.737. The largest absolute Gasteiger partial charge is 0.325 e. The maximum absolute atomic E-state index is 6.40. The smallest absolute Gasteiger partial charge is 0.0156 e. The monoisotopic (exact) mass is 209 g/mol. The van der Waals surface area contributed by atoms with Gasteiger partial charge in [0, 0.05) is 5.54 Å². The van der Waals surface area contributed by atoms with E-state index in [9.17, 15) is 0 Å². The van der Waals surface area contributed by atoms with Crippen LogP contribution in [0.5, 0.6) is 0 Å². The van der Waals surface area contributed by atoms with Crippen LogP contribution in [0.1, 0.15) is 66.2 Å². The molecule has 2 saturated carbocycles. The Bertz CT molecular complexity index is 243. The summed E-state index contributed by atoms with van der Waals surface area (Å²) in [4.78, 5) is 0. The summed E-state index contributed by atoms with van der Waals surface area (Å²) in [6, 6.07) is 0. The van der Waals surface area contributed by atoms with Gasteiger partial charge in [0.2, 0.25) is 0 Å². The van der Waals surface area contributed by atoms with Crippen molar-refractivity contribution in [1.82, 2.24) is 0 Å². The molecule has 0 aromatic carbocycles. The Hall–Kier alpha value is -0.0400. The molecule has 1 unspecified atom stereocenters. The lowest BCUT2D eigenvalue weighted by atomic mass is 9.63. The van der Waals surface area contributed by atoms with E-state index >= 15 is 0 Å². The summed E-state index contributed by atoms with van der Waals surface area (Å²) in [7, 11) is 0. The predicted octanol–water partition coefficient (Wildman–Crippen LogP) is 3.72. The molecule has 2 aliphatic carbocycles. The summed E-state index contributed by atoms with van der Waals surface area (Å²) in [5.41, 5.74) is 7.48. The zero-order chi connectivity index (χ0) is 11.3. The van der Waals surface area contributed by atoms with Gasteiger partial charge >= 0.3 is 0 Å². The van der Waals surface area contributed by atoms with Gasteiger partial charge in [0.25, 0.3) is 0 Å². The average molecular weight is 209 g/mol. The Kier molecular flexibility index (Phi) is 2.46. The van der Waals surface area contributed by atoms with E-state index in [1.54, 1.807) is 0 Å². The van der Waals surface area contributed by atoms with Crippen molar-refractivity contribution in [2.45, 2.75) is 71.8 Å². The van der Waals surface area contributed by atoms with E-state index in [0.717, 1.165) is 5.92 Å². The summed E-state index contributed by atoms with van der Waals surface area (Å²) >= 11 is 0. The molecular formula is C14H27N. The van der Waals surface area contributed by atoms with Gasteiger partial charge in [-0.15, -0.1) is 0 Å². The Labute approximate surface area is 94.8 Å². The van der Waals surface area contributed by atoms with E-state index in [0.29, 0.717) is 10.8 Å². The van der Waals surface area contributed by atoms with Crippen molar-refractivity contribution in [1.29, 1.82) is 0 Å². The van der Waals surface area contributed by atoms with Crippen LogP contribution in [0.2, 0.25) is 0 Å². The molecule has 1 nitrogen and oxygen atoms in total. The topological polar surface area (TPSA) is 26.0 Å². The van der Waals surface area contributed by atoms with Crippen LogP contribution >= 0.6 is 0 Å². The molecule has 1 atom stereocenters. The second-order valence-electron chi connectivity index (χ2n) is 7.34. The first-order chi connectivity index (χ1) is 6.77. The van der Waals surface area contributed by atoms with E-state index in [4.69, 9.17) is 5.73 Å². The predicted molar refractivity (Wildman–Crippen MR) is 65.7 cm³/mol.